The number of nitriles is 2. The molecule has 2 atom stereocenters. The number of hydrogen-bond acceptors (Lipinski definition) is 5. The highest BCUT2D eigenvalue weighted by molar-refractivity contribution is 7.84. The molecule has 1 aromatic rings. The van der Waals surface area contributed by atoms with Crippen molar-refractivity contribution in [3.8, 4) is 12.1 Å². The van der Waals surface area contributed by atoms with Gasteiger partial charge in [-0.2, -0.15) is 23.7 Å². The van der Waals surface area contributed by atoms with Gasteiger partial charge in [-0.1, -0.05) is 24.8 Å². The van der Waals surface area contributed by atoms with E-state index in [0.717, 1.165) is 28.0 Å². The summed E-state index contributed by atoms with van der Waals surface area (Å²) in [4.78, 5) is 14.4. The summed E-state index contributed by atoms with van der Waals surface area (Å²) >= 11 is 0. The predicted molar refractivity (Wildman–Crippen MR) is 131 cm³/mol. The molecule has 2 rings (SSSR count). The first-order valence-electron chi connectivity index (χ1n) is 10.4. The van der Waals surface area contributed by atoms with E-state index in [2.05, 4.69) is 6.58 Å². The van der Waals surface area contributed by atoms with Crippen LogP contribution in [0.5, 0.6) is 0 Å². The Morgan fingerprint density at radius 3 is 2.50 bits per heavy atom. The van der Waals surface area contributed by atoms with Gasteiger partial charge in [-0.05, 0) is 43.2 Å². The van der Waals surface area contributed by atoms with Crippen LogP contribution in [0.4, 0.5) is 23.7 Å². The van der Waals surface area contributed by atoms with E-state index >= 15 is 0 Å². The van der Waals surface area contributed by atoms with Crippen molar-refractivity contribution in [2.45, 2.75) is 25.6 Å². The number of urea groups is 1. The number of benzene rings is 1. The van der Waals surface area contributed by atoms with Crippen LogP contribution in [0.25, 0.3) is 0 Å². The Kier molecular flexibility index (Phi) is 8.98. The van der Waals surface area contributed by atoms with Crippen LogP contribution in [-0.2, 0) is 17.0 Å². The summed E-state index contributed by atoms with van der Waals surface area (Å²) in [6, 6.07) is 5.69. The number of allylic oxidation sites excluding steroid dienone is 5. The van der Waals surface area contributed by atoms with Crippen molar-refractivity contribution in [1.82, 2.24) is 4.90 Å². The molecule has 1 heterocycles. The van der Waals surface area contributed by atoms with Crippen molar-refractivity contribution in [3.63, 3.8) is 0 Å². The standard InChI is InChI=1S/C24H23F3N6O2S/c1-4-16(13-28)8-9-17(10-11-36(3)35)21-20(14-29)15(2)32(22(30)33(21)23(31)34)19-7-5-6-18(12-19)24(25,26)27/h4-9,12,21,30H,1,10-11H2,2-3H3,(H2,31,34)/b16-8+,17-9+,30-22?/t21-,36?/m1/s1. The van der Waals surface area contributed by atoms with Crippen LogP contribution >= 0.6 is 0 Å². The zero-order chi connectivity index (χ0) is 27.2. The average Bonchev–Trinajstić information content (AvgIpc) is 2.80. The zero-order valence-electron chi connectivity index (χ0n) is 19.5. The van der Waals surface area contributed by atoms with E-state index in [-0.39, 0.29) is 34.7 Å². The Morgan fingerprint density at radius 1 is 1.33 bits per heavy atom. The molecule has 0 fully saturated rings. The van der Waals surface area contributed by atoms with Crippen molar-refractivity contribution in [1.29, 1.82) is 15.9 Å². The second kappa shape index (κ2) is 11.5. The zero-order valence-corrected chi connectivity index (χ0v) is 20.3. The largest absolute Gasteiger partial charge is 0.416 e. The molecule has 0 bridgehead atoms. The first kappa shape index (κ1) is 28.1. The van der Waals surface area contributed by atoms with Crippen LogP contribution < -0.4 is 10.6 Å². The molecule has 2 amide bonds. The summed E-state index contributed by atoms with van der Waals surface area (Å²) in [5, 5.41) is 27.9. The third-order valence-corrected chi connectivity index (χ3v) is 6.12. The molecule has 0 radical (unpaired) electrons. The predicted octanol–water partition coefficient (Wildman–Crippen LogP) is 4.34. The highest BCUT2D eigenvalue weighted by Gasteiger charge is 2.42. The molecule has 1 unspecified atom stereocenters. The Morgan fingerprint density at radius 2 is 2.00 bits per heavy atom. The number of rotatable bonds is 7. The molecular formula is C24H23F3N6O2S. The number of hydrogen-bond donors (Lipinski definition) is 2. The molecule has 188 valence electrons. The number of alkyl halides is 3. The molecule has 12 heteroatoms. The lowest BCUT2D eigenvalue weighted by Crippen LogP contribution is -2.58. The van der Waals surface area contributed by atoms with Crippen LogP contribution in [0.2, 0.25) is 0 Å². The molecule has 0 saturated carbocycles. The fraction of sp³-hybridized carbons (Fsp3) is 0.250. The Bertz CT molecular complexity index is 1280. The van der Waals surface area contributed by atoms with Gasteiger partial charge in [0.25, 0.3) is 0 Å². The minimum Gasteiger partial charge on any atom is -0.351 e. The van der Waals surface area contributed by atoms with Crippen LogP contribution in [-0.4, -0.2) is 39.1 Å². The number of halogens is 3. The minimum atomic E-state index is -4.66. The molecular weight excluding hydrogens is 493 g/mol. The number of primary amides is 1. The normalized spacial score (nSPS) is 18.0. The Hall–Kier alpha value is -4.16. The third-order valence-electron chi connectivity index (χ3n) is 5.34. The smallest absolute Gasteiger partial charge is 0.351 e. The van der Waals surface area contributed by atoms with E-state index in [9.17, 15) is 32.7 Å². The minimum absolute atomic E-state index is 0.0548. The van der Waals surface area contributed by atoms with Gasteiger partial charge in [0, 0.05) is 34.2 Å². The quantitative estimate of drug-likeness (QED) is 0.410. The molecule has 0 spiro atoms. The lowest BCUT2D eigenvalue weighted by Gasteiger charge is -2.42. The first-order chi connectivity index (χ1) is 16.9. The second-order valence-corrected chi connectivity index (χ2v) is 9.19. The lowest BCUT2D eigenvalue weighted by atomic mass is 9.91. The monoisotopic (exact) mass is 516 g/mol. The number of guanidine groups is 1. The van der Waals surface area contributed by atoms with Crippen LogP contribution in [0.3, 0.4) is 0 Å². The fourth-order valence-corrected chi connectivity index (χ4v) is 4.14. The van der Waals surface area contributed by atoms with Gasteiger partial charge in [-0.3, -0.25) is 19.4 Å². The van der Waals surface area contributed by atoms with Gasteiger partial charge in [-0.25, -0.2) is 4.79 Å². The van der Waals surface area contributed by atoms with Crippen LogP contribution in [0.1, 0.15) is 18.9 Å². The molecule has 0 aromatic heterocycles. The fourth-order valence-electron chi connectivity index (χ4n) is 3.62. The molecule has 0 saturated heterocycles. The van der Waals surface area contributed by atoms with Gasteiger partial charge in [0.2, 0.25) is 5.96 Å². The van der Waals surface area contributed by atoms with Crippen LogP contribution in [0.15, 0.2) is 71.5 Å². The maximum absolute atomic E-state index is 13.3. The molecule has 3 N–H and O–H groups in total. The van der Waals surface area contributed by atoms with E-state index in [1.165, 1.54) is 37.5 Å². The highest BCUT2D eigenvalue weighted by Crippen LogP contribution is 2.37. The summed E-state index contributed by atoms with van der Waals surface area (Å²) < 4.78 is 51.7. The van der Waals surface area contributed by atoms with Crippen molar-refractivity contribution in [2.24, 2.45) is 5.73 Å². The van der Waals surface area contributed by atoms with E-state index in [1.807, 2.05) is 12.1 Å². The second-order valence-electron chi connectivity index (χ2n) is 7.64. The average molecular weight is 517 g/mol. The number of nitrogens with one attached hydrogen (secondary N) is 1. The highest BCUT2D eigenvalue weighted by atomic mass is 32.2. The number of anilines is 1. The molecule has 1 aliphatic rings. The van der Waals surface area contributed by atoms with Crippen molar-refractivity contribution in [2.75, 3.05) is 16.9 Å². The number of nitrogens with two attached hydrogens (primary N) is 1. The van der Waals surface area contributed by atoms with Gasteiger partial charge in [0.1, 0.15) is 0 Å². The first-order valence-corrected chi connectivity index (χ1v) is 12.1. The summed E-state index contributed by atoms with van der Waals surface area (Å²) in [5.74, 6) is -0.429. The summed E-state index contributed by atoms with van der Waals surface area (Å²) in [6.45, 7) is 4.97. The molecule has 0 aliphatic carbocycles. The summed E-state index contributed by atoms with van der Waals surface area (Å²) in [7, 11) is -1.26. The van der Waals surface area contributed by atoms with Gasteiger partial charge in [-0.15, -0.1) is 0 Å². The van der Waals surface area contributed by atoms with Crippen molar-refractivity contribution in [3.05, 3.63) is 77.1 Å². The van der Waals surface area contributed by atoms with E-state index < -0.39 is 40.6 Å². The Labute approximate surface area is 209 Å². The molecule has 1 aromatic carbocycles. The Balaban J connectivity index is 2.81. The molecule has 1 aliphatic heterocycles. The van der Waals surface area contributed by atoms with Gasteiger partial charge in [0.05, 0.1) is 34.9 Å². The van der Waals surface area contributed by atoms with Crippen LogP contribution in [0, 0.1) is 28.1 Å². The maximum Gasteiger partial charge on any atom is 0.416 e. The number of carbonyl (C=O) groups is 1. The SMILES string of the molecule is C=C/C(C#N)=C\C=C(/CCS(C)=O)[C@@H]1C(C#N)=C(C)N(c2cccc(C(F)(F)F)c2)C(=N)N1C(N)=O. The van der Waals surface area contributed by atoms with Gasteiger partial charge >= 0.3 is 12.2 Å². The van der Waals surface area contributed by atoms with E-state index in [0.29, 0.717) is 5.57 Å². The van der Waals surface area contributed by atoms with E-state index in [1.54, 1.807) is 0 Å². The van der Waals surface area contributed by atoms with Crippen molar-refractivity contribution < 1.29 is 22.2 Å². The topological polar surface area (TPSA) is 138 Å². The summed E-state index contributed by atoms with van der Waals surface area (Å²) in [6.07, 6.45) is 1.08. The van der Waals surface area contributed by atoms with Gasteiger partial charge < -0.3 is 5.73 Å². The summed E-state index contributed by atoms with van der Waals surface area (Å²) in [5.41, 5.74) is 5.10. The van der Waals surface area contributed by atoms with Gasteiger partial charge in [0.15, 0.2) is 0 Å². The third kappa shape index (κ3) is 6.09. The number of carbonyl (C=O) groups excluding carboxylic acids is 1. The number of nitrogens with zero attached hydrogens (tertiary/aromatic N) is 4. The maximum atomic E-state index is 13.3. The molecule has 8 nitrogen and oxygen atoms in total. The lowest BCUT2D eigenvalue weighted by molar-refractivity contribution is -0.137. The molecule has 36 heavy (non-hydrogen) atoms. The van der Waals surface area contributed by atoms with E-state index in [4.69, 9.17) is 11.1 Å². The number of amides is 2. The van der Waals surface area contributed by atoms with Crippen molar-refractivity contribution >= 4 is 28.5 Å².